The molecule has 8 heteroatoms. The summed E-state index contributed by atoms with van der Waals surface area (Å²) >= 11 is 1.01. The van der Waals surface area contributed by atoms with Crippen LogP contribution >= 0.6 is 11.3 Å². The molecule has 1 aromatic heterocycles. The second-order valence-corrected chi connectivity index (χ2v) is 6.77. The molecule has 0 aliphatic carbocycles. The number of primary sulfonamides is 1. The summed E-state index contributed by atoms with van der Waals surface area (Å²) in [5, 5.41) is 7.76. The fourth-order valence-electron chi connectivity index (χ4n) is 1.56. The van der Waals surface area contributed by atoms with Crippen LogP contribution in [-0.4, -0.2) is 19.3 Å². The fraction of sp³-hybridized carbons (Fsp3) is 0.273. The Labute approximate surface area is 114 Å². The third-order valence-corrected chi connectivity index (χ3v) is 4.73. The Morgan fingerprint density at radius 1 is 1.47 bits per heavy atom. The summed E-state index contributed by atoms with van der Waals surface area (Å²) in [6.45, 7) is 1.92. The molecule has 2 rings (SSSR count). The van der Waals surface area contributed by atoms with E-state index in [1.165, 1.54) is 0 Å². The van der Waals surface area contributed by atoms with Crippen molar-refractivity contribution in [2.45, 2.75) is 24.1 Å². The van der Waals surface area contributed by atoms with Gasteiger partial charge in [-0.1, -0.05) is 6.92 Å². The van der Waals surface area contributed by atoms with Crippen LogP contribution in [0.5, 0.6) is 0 Å². The van der Waals surface area contributed by atoms with Gasteiger partial charge in [0.05, 0.1) is 10.2 Å². The maximum atomic E-state index is 11.5. The van der Waals surface area contributed by atoms with Crippen molar-refractivity contribution in [3.05, 3.63) is 18.2 Å². The van der Waals surface area contributed by atoms with Crippen LogP contribution < -0.4 is 10.5 Å². The first kappa shape index (κ1) is 13.9. The monoisotopic (exact) mass is 299 g/mol. The Hall–Kier alpha value is -1.51. The number of hydrogen-bond donors (Lipinski definition) is 2. The molecule has 0 saturated carbocycles. The van der Waals surface area contributed by atoms with E-state index in [2.05, 4.69) is 10.3 Å². The number of rotatable bonds is 4. The number of nitrogens with zero attached hydrogens (tertiary/aromatic N) is 1. The number of fused-ring (bicyclic) bond motifs is 1. The molecule has 0 aliphatic rings. The first-order valence-corrected chi connectivity index (χ1v) is 7.99. The van der Waals surface area contributed by atoms with E-state index in [0.29, 0.717) is 22.3 Å². The Morgan fingerprint density at radius 2 is 2.21 bits per heavy atom. The number of nitrogens with two attached hydrogens (primary N) is 1. The Morgan fingerprint density at radius 3 is 2.84 bits per heavy atom. The van der Waals surface area contributed by atoms with Crippen molar-refractivity contribution >= 4 is 43.2 Å². The third kappa shape index (κ3) is 3.28. The Bertz CT molecular complexity index is 722. The molecule has 3 N–H and O–H groups in total. The number of aromatic nitrogens is 1. The van der Waals surface area contributed by atoms with Gasteiger partial charge < -0.3 is 5.32 Å². The van der Waals surface area contributed by atoms with Crippen LogP contribution in [0.4, 0.5) is 5.69 Å². The highest BCUT2D eigenvalue weighted by Gasteiger charge is 2.14. The highest BCUT2D eigenvalue weighted by molar-refractivity contribution is 7.91. The van der Waals surface area contributed by atoms with Gasteiger partial charge in [-0.2, -0.15) is 0 Å². The highest BCUT2D eigenvalue weighted by Crippen LogP contribution is 2.27. The van der Waals surface area contributed by atoms with Crippen LogP contribution in [-0.2, 0) is 14.8 Å². The number of carbonyl (C=O) groups excluding carboxylic acids is 1. The maximum absolute atomic E-state index is 11.5. The molecule has 102 valence electrons. The molecule has 0 fully saturated rings. The number of sulfonamides is 1. The lowest BCUT2D eigenvalue weighted by atomic mass is 10.2. The van der Waals surface area contributed by atoms with Crippen molar-refractivity contribution < 1.29 is 13.2 Å². The van der Waals surface area contributed by atoms with Gasteiger partial charge in [0.2, 0.25) is 10.2 Å². The summed E-state index contributed by atoms with van der Waals surface area (Å²) in [6, 6.07) is 5.05. The van der Waals surface area contributed by atoms with Crippen LogP contribution in [0.15, 0.2) is 22.5 Å². The van der Waals surface area contributed by atoms with E-state index >= 15 is 0 Å². The topological polar surface area (TPSA) is 102 Å². The number of benzene rings is 1. The summed E-state index contributed by atoms with van der Waals surface area (Å²) in [5.41, 5.74) is 1.10. The maximum Gasteiger partial charge on any atom is 0.265 e. The molecule has 6 nitrogen and oxygen atoms in total. The number of nitrogens with one attached hydrogen (secondary N) is 1. The van der Waals surface area contributed by atoms with Crippen LogP contribution in [0.2, 0.25) is 0 Å². The number of thiazole rings is 1. The van der Waals surface area contributed by atoms with Crippen molar-refractivity contribution in [2.24, 2.45) is 5.14 Å². The van der Waals surface area contributed by atoms with Crippen molar-refractivity contribution in [2.75, 3.05) is 5.32 Å². The Kier molecular flexibility index (Phi) is 3.83. The van der Waals surface area contributed by atoms with E-state index in [0.717, 1.165) is 17.8 Å². The van der Waals surface area contributed by atoms with Crippen molar-refractivity contribution in [3.8, 4) is 0 Å². The lowest BCUT2D eigenvalue weighted by Crippen LogP contribution is -2.11. The van der Waals surface area contributed by atoms with Gasteiger partial charge in [-0.3, -0.25) is 4.79 Å². The number of hydrogen-bond acceptors (Lipinski definition) is 5. The van der Waals surface area contributed by atoms with E-state index in [4.69, 9.17) is 5.14 Å². The molecule has 0 unspecified atom stereocenters. The molecule has 0 spiro atoms. The molecule has 1 amide bonds. The normalized spacial score (nSPS) is 11.7. The van der Waals surface area contributed by atoms with Crippen LogP contribution in [0.25, 0.3) is 10.2 Å². The molecule has 2 aromatic rings. The SMILES string of the molecule is CCCC(=O)Nc1ccc2sc(S(N)(=O)=O)nc2c1. The zero-order valence-corrected chi connectivity index (χ0v) is 11.8. The molecule has 0 radical (unpaired) electrons. The van der Waals surface area contributed by atoms with Gasteiger partial charge in [0, 0.05) is 12.1 Å². The summed E-state index contributed by atoms with van der Waals surface area (Å²) in [6.07, 6.45) is 1.21. The predicted octanol–water partition coefficient (Wildman–Crippen LogP) is 1.68. The number of carbonyl (C=O) groups is 1. The minimum Gasteiger partial charge on any atom is -0.326 e. The van der Waals surface area contributed by atoms with E-state index < -0.39 is 10.0 Å². The summed E-state index contributed by atoms with van der Waals surface area (Å²) in [5.74, 6) is -0.0799. The molecule has 0 atom stereocenters. The second kappa shape index (κ2) is 5.24. The molecular weight excluding hydrogens is 286 g/mol. The lowest BCUT2D eigenvalue weighted by molar-refractivity contribution is -0.116. The molecule has 1 aromatic carbocycles. The largest absolute Gasteiger partial charge is 0.326 e. The summed E-state index contributed by atoms with van der Waals surface area (Å²) < 4.78 is 23.0. The van der Waals surface area contributed by atoms with Gasteiger partial charge in [0.1, 0.15) is 0 Å². The first-order valence-electron chi connectivity index (χ1n) is 5.63. The van der Waals surface area contributed by atoms with Gasteiger partial charge in [0.15, 0.2) is 0 Å². The average molecular weight is 299 g/mol. The third-order valence-electron chi connectivity index (χ3n) is 2.37. The van der Waals surface area contributed by atoms with Gasteiger partial charge in [-0.25, -0.2) is 18.5 Å². The standard InChI is InChI=1S/C11H13N3O3S2/c1-2-3-10(15)13-7-4-5-9-8(6-7)14-11(18-9)19(12,16)17/h4-6H,2-3H2,1H3,(H,13,15)(H2,12,16,17). The molecule has 19 heavy (non-hydrogen) atoms. The molecule has 1 heterocycles. The lowest BCUT2D eigenvalue weighted by Gasteiger charge is -2.03. The van der Waals surface area contributed by atoms with Crippen LogP contribution in [0.3, 0.4) is 0 Å². The van der Waals surface area contributed by atoms with Gasteiger partial charge in [-0.05, 0) is 24.6 Å². The highest BCUT2D eigenvalue weighted by atomic mass is 32.2. The number of amides is 1. The zero-order chi connectivity index (χ0) is 14.0. The predicted molar refractivity (Wildman–Crippen MR) is 74.5 cm³/mol. The van der Waals surface area contributed by atoms with Crippen molar-refractivity contribution in [1.82, 2.24) is 4.98 Å². The molecule has 0 aliphatic heterocycles. The van der Waals surface area contributed by atoms with Gasteiger partial charge in [0.25, 0.3) is 10.0 Å². The van der Waals surface area contributed by atoms with Gasteiger partial charge >= 0.3 is 0 Å². The molecular formula is C11H13N3O3S2. The summed E-state index contributed by atoms with van der Waals surface area (Å²) in [7, 11) is -3.79. The molecule has 0 saturated heterocycles. The van der Waals surface area contributed by atoms with Gasteiger partial charge in [-0.15, -0.1) is 11.3 Å². The van der Waals surface area contributed by atoms with E-state index in [1.54, 1.807) is 18.2 Å². The Balaban J connectivity index is 2.33. The fourth-order valence-corrected chi connectivity index (χ4v) is 3.19. The van der Waals surface area contributed by atoms with Crippen molar-refractivity contribution in [1.29, 1.82) is 0 Å². The van der Waals surface area contributed by atoms with Crippen LogP contribution in [0, 0.1) is 0 Å². The molecule has 0 bridgehead atoms. The number of anilines is 1. The first-order chi connectivity index (χ1) is 8.90. The van der Waals surface area contributed by atoms with Crippen molar-refractivity contribution in [3.63, 3.8) is 0 Å². The van der Waals surface area contributed by atoms with E-state index in [-0.39, 0.29) is 10.2 Å². The van der Waals surface area contributed by atoms with E-state index in [9.17, 15) is 13.2 Å². The van der Waals surface area contributed by atoms with E-state index in [1.807, 2.05) is 6.92 Å². The zero-order valence-electron chi connectivity index (χ0n) is 10.2. The minimum atomic E-state index is -3.79. The average Bonchev–Trinajstić information content (AvgIpc) is 2.71. The van der Waals surface area contributed by atoms with Crippen LogP contribution in [0.1, 0.15) is 19.8 Å². The minimum absolute atomic E-state index is 0.0799. The second-order valence-electron chi connectivity index (χ2n) is 4.01. The smallest absolute Gasteiger partial charge is 0.265 e. The summed E-state index contributed by atoms with van der Waals surface area (Å²) in [4.78, 5) is 15.4. The quantitative estimate of drug-likeness (QED) is 0.896.